The Morgan fingerprint density at radius 2 is 1.85 bits per heavy atom. The fourth-order valence-electron chi connectivity index (χ4n) is 3.40. The lowest BCUT2D eigenvalue weighted by Crippen LogP contribution is -2.33. The molecule has 140 valence electrons. The van der Waals surface area contributed by atoms with Crippen LogP contribution in [0.3, 0.4) is 0 Å². The second-order valence-electron chi connectivity index (χ2n) is 6.40. The van der Waals surface area contributed by atoms with E-state index < -0.39 is 10.0 Å². The Morgan fingerprint density at radius 1 is 1.04 bits per heavy atom. The van der Waals surface area contributed by atoms with E-state index in [1.54, 1.807) is 34.4 Å². The first-order chi connectivity index (χ1) is 13.1. The summed E-state index contributed by atoms with van der Waals surface area (Å²) in [7, 11) is -3.60. The molecule has 1 saturated heterocycles. The van der Waals surface area contributed by atoms with Crippen LogP contribution in [0.25, 0.3) is 10.9 Å². The molecule has 4 rings (SSSR count). The highest BCUT2D eigenvalue weighted by Crippen LogP contribution is 2.39. The molecular formula is C20H19ClN2O2S2. The first-order valence-electron chi connectivity index (χ1n) is 8.77. The van der Waals surface area contributed by atoms with Gasteiger partial charge in [-0.3, -0.25) is 4.98 Å². The number of aromatic nitrogens is 1. The number of sulfonamides is 1. The van der Waals surface area contributed by atoms with Crippen LogP contribution in [-0.4, -0.2) is 36.5 Å². The minimum atomic E-state index is -3.60. The molecule has 1 aliphatic rings. The summed E-state index contributed by atoms with van der Waals surface area (Å²) in [6, 6.07) is 16.8. The lowest BCUT2D eigenvalue weighted by atomic mass is 10.1. The average molecular weight is 419 g/mol. The second kappa shape index (κ2) is 7.80. The van der Waals surface area contributed by atoms with Gasteiger partial charge >= 0.3 is 0 Å². The molecule has 3 aromatic rings. The molecule has 2 aromatic carbocycles. The molecule has 0 bridgehead atoms. The number of pyridine rings is 1. The van der Waals surface area contributed by atoms with Gasteiger partial charge in [-0.25, -0.2) is 8.42 Å². The van der Waals surface area contributed by atoms with Crippen molar-refractivity contribution in [2.24, 2.45) is 0 Å². The maximum absolute atomic E-state index is 13.3. The van der Waals surface area contributed by atoms with Crippen LogP contribution in [0.5, 0.6) is 0 Å². The highest BCUT2D eigenvalue weighted by Gasteiger charge is 2.30. The zero-order chi connectivity index (χ0) is 18.9. The number of thioether (sulfide) groups is 1. The molecule has 2 heterocycles. The third-order valence-electron chi connectivity index (χ3n) is 4.77. The van der Waals surface area contributed by atoms with Crippen molar-refractivity contribution in [1.29, 1.82) is 0 Å². The van der Waals surface area contributed by atoms with Gasteiger partial charge in [-0.1, -0.05) is 48.0 Å². The molecule has 4 nitrogen and oxygen atoms in total. The quantitative estimate of drug-likeness (QED) is 0.615. The van der Waals surface area contributed by atoms with Gasteiger partial charge in [0.05, 0.1) is 5.52 Å². The summed E-state index contributed by atoms with van der Waals surface area (Å²) in [5, 5.41) is 1.77. The van der Waals surface area contributed by atoms with Crippen molar-refractivity contribution in [3.8, 4) is 0 Å². The Balaban J connectivity index is 1.62. The third kappa shape index (κ3) is 3.72. The molecule has 0 amide bonds. The first-order valence-corrected chi connectivity index (χ1v) is 11.6. The molecule has 1 unspecified atom stereocenters. The monoisotopic (exact) mass is 418 g/mol. The van der Waals surface area contributed by atoms with Crippen LogP contribution in [0.2, 0.25) is 5.02 Å². The smallest absolute Gasteiger partial charge is 0.245 e. The van der Waals surface area contributed by atoms with Crippen LogP contribution < -0.4 is 0 Å². The summed E-state index contributed by atoms with van der Waals surface area (Å²) in [4.78, 5) is 4.59. The van der Waals surface area contributed by atoms with Crippen molar-refractivity contribution in [2.45, 2.75) is 16.6 Å². The maximum atomic E-state index is 13.3. The molecule has 1 aliphatic heterocycles. The molecule has 1 aromatic heterocycles. The lowest BCUT2D eigenvalue weighted by molar-refractivity contribution is 0.428. The molecule has 0 spiro atoms. The van der Waals surface area contributed by atoms with Gasteiger partial charge in [-0.05, 0) is 30.2 Å². The number of fused-ring (bicyclic) bond motifs is 1. The number of rotatable bonds is 3. The molecule has 0 saturated carbocycles. The number of para-hydroxylation sites is 1. The normalized spacial score (nSPS) is 19.1. The highest BCUT2D eigenvalue weighted by molar-refractivity contribution is 7.99. The van der Waals surface area contributed by atoms with Crippen LogP contribution in [0.4, 0.5) is 0 Å². The minimum absolute atomic E-state index is 0.199. The average Bonchev–Trinajstić information content (AvgIpc) is 2.94. The van der Waals surface area contributed by atoms with E-state index in [2.05, 4.69) is 4.98 Å². The SMILES string of the molecule is O=S(=O)(c1cccc2cccnc12)N1CCSC(c2ccccc2Cl)CC1. The predicted octanol–water partition coefficient (Wildman–Crippen LogP) is 4.76. The van der Waals surface area contributed by atoms with E-state index >= 15 is 0 Å². The summed E-state index contributed by atoms with van der Waals surface area (Å²) in [5.41, 5.74) is 1.61. The van der Waals surface area contributed by atoms with Gasteiger partial charge in [0.2, 0.25) is 10.0 Å². The number of halogens is 1. The Morgan fingerprint density at radius 3 is 2.70 bits per heavy atom. The van der Waals surface area contributed by atoms with Gasteiger partial charge in [-0.2, -0.15) is 16.1 Å². The van der Waals surface area contributed by atoms with Crippen molar-refractivity contribution >= 4 is 44.3 Å². The van der Waals surface area contributed by atoms with Gasteiger partial charge in [0, 0.05) is 40.7 Å². The molecule has 7 heteroatoms. The molecule has 1 atom stereocenters. The number of hydrogen-bond acceptors (Lipinski definition) is 4. The molecule has 0 aliphatic carbocycles. The summed E-state index contributed by atoms with van der Waals surface area (Å²) < 4.78 is 28.2. The van der Waals surface area contributed by atoms with Crippen LogP contribution in [0.1, 0.15) is 17.2 Å². The Hall–Kier alpha value is -1.60. The van der Waals surface area contributed by atoms with Crippen molar-refractivity contribution in [2.75, 3.05) is 18.8 Å². The molecule has 0 N–H and O–H groups in total. The van der Waals surface area contributed by atoms with E-state index in [4.69, 9.17) is 11.6 Å². The van der Waals surface area contributed by atoms with E-state index in [1.165, 1.54) is 0 Å². The van der Waals surface area contributed by atoms with Crippen molar-refractivity contribution in [3.05, 3.63) is 71.4 Å². The van der Waals surface area contributed by atoms with Crippen LogP contribution in [0.15, 0.2) is 65.7 Å². The van der Waals surface area contributed by atoms with E-state index in [1.807, 2.05) is 42.5 Å². The zero-order valence-corrected chi connectivity index (χ0v) is 17.0. The van der Waals surface area contributed by atoms with Crippen LogP contribution in [0, 0.1) is 0 Å². The topological polar surface area (TPSA) is 50.3 Å². The largest absolute Gasteiger partial charge is 0.255 e. The van der Waals surface area contributed by atoms with Gasteiger partial charge in [0.15, 0.2) is 0 Å². The van der Waals surface area contributed by atoms with E-state index in [-0.39, 0.29) is 10.1 Å². The van der Waals surface area contributed by atoms with Gasteiger partial charge < -0.3 is 0 Å². The molecular weight excluding hydrogens is 400 g/mol. The molecule has 0 radical (unpaired) electrons. The molecule has 27 heavy (non-hydrogen) atoms. The van der Waals surface area contributed by atoms with E-state index in [0.29, 0.717) is 18.6 Å². The Kier molecular flexibility index (Phi) is 5.41. The van der Waals surface area contributed by atoms with Crippen molar-refractivity contribution < 1.29 is 8.42 Å². The summed E-state index contributed by atoms with van der Waals surface area (Å²) in [5.74, 6) is 0.729. The zero-order valence-electron chi connectivity index (χ0n) is 14.6. The maximum Gasteiger partial charge on any atom is 0.245 e. The second-order valence-corrected chi connectivity index (χ2v) is 10.0. The number of hydrogen-bond donors (Lipinski definition) is 0. The first kappa shape index (κ1) is 18.7. The lowest BCUT2D eigenvalue weighted by Gasteiger charge is -2.21. The van der Waals surface area contributed by atoms with E-state index in [9.17, 15) is 8.42 Å². The standard InChI is InChI=1S/C20H19ClN2O2S2/c21-17-8-2-1-7-16(17)18-10-12-23(13-14-26-18)27(24,25)19-9-3-5-15-6-4-11-22-20(15)19/h1-9,11,18H,10,12-14H2. The fraction of sp³-hybridized carbons (Fsp3) is 0.250. The summed E-state index contributed by atoms with van der Waals surface area (Å²) in [6.45, 7) is 0.950. The van der Waals surface area contributed by atoms with Gasteiger partial charge in [0.25, 0.3) is 0 Å². The molecule has 1 fully saturated rings. The fourth-order valence-corrected chi connectivity index (χ4v) is 6.73. The van der Waals surface area contributed by atoms with Crippen LogP contribution >= 0.6 is 23.4 Å². The Bertz CT molecular complexity index is 1070. The summed E-state index contributed by atoms with van der Waals surface area (Å²) in [6.07, 6.45) is 2.36. The predicted molar refractivity (Wildman–Crippen MR) is 112 cm³/mol. The van der Waals surface area contributed by atoms with Crippen molar-refractivity contribution in [1.82, 2.24) is 9.29 Å². The van der Waals surface area contributed by atoms with Crippen LogP contribution in [-0.2, 0) is 10.0 Å². The third-order valence-corrected chi connectivity index (χ3v) is 8.35. The highest BCUT2D eigenvalue weighted by atomic mass is 35.5. The van der Waals surface area contributed by atoms with Crippen molar-refractivity contribution in [3.63, 3.8) is 0 Å². The minimum Gasteiger partial charge on any atom is -0.255 e. The number of nitrogens with zero attached hydrogens (tertiary/aromatic N) is 2. The summed E-state index contributed by atoms with van der Waals surface area (Å²) >= 11 is 8.11. The Labute approximate surface area is 168 Å². The number of benzene rings is 2. The van der Waals surface area contributed by atoms with E-state index in [0.717, 1.165) is 28.1 Å². The van der Waals surface area contributed by atoms with Gasteiger partial charge in [-0.15, -0.1) is 0 Å². The van der Waals surface area contributed by atoms with Gasteiger partial charge in [0.1, 0.15) is 4.90 Å².